The smallest absolute Gasteiger partial charge is 0.343 e. The molecule has 0 fully saturated rings. The van der Waals surface area contributed by atoms with Crippen LogP contribution in [0.3, 0.4) is 0 Å². The van der Waals surface area contributed by atoms with Crippen LogP contribution in [0.1, 0.15) is 15.9 Å². The minimum absolute atomic E-state index is 0.0679. The molecule has 0 atom stereocenters. The van der Waals surface area contributed by atoms with Crippen molar-refractivity contribution in [3.63, 3.8) is 0 Å². The van der Waals surface area contributed by atoms with Crippen LogP contribution in [0.4, 0.5) is 0 Å². The van der Waals surface area contributed by atoms with Crippen LogP contribution >= 0.6 is 0 Å². The van der Waals surface area contributed by atoms with Crippen LogP contribution in [0.25, 0.3) is 16.8 Å². The lowest BCUT2D eigenvalue weighted by atomic mass is 10.1. The van der Waals surface area contributed by atoms with E-state index >= 15 is 0 Å². The van der Waals surface area contributed by atoms with E-state index in [1.165, 1.54) is 0 Å². The molecule has 7 nitrogen and oxygen atoms in total. The highest BCUT2D eigenvalue weighted by Gasteiger charge is 2.10. The first kappa shape index (κ1) is 25.1. The molecule has 4 aromatic carbocycles. The Kier molecular flexibility index (Phi) is 8.18. The fourth-order valence-electron chi connectivity index (χ4n) is 3.29. The molecule has 186 valence electrons. The van der Waals surface area contributed by atoms with Gasteiger partial charge in [0, 0.05) is 6.08 Å². The first-order chi connectivity index (χ1) is 18.0. The largest absolute Gasteiger partial charge is 0.458 e. The number of ether oxygens (including phenoxy) is 5. The third kappa shape index (κ3) is 6.99. The summed E-state index contributed by atoms with van der Waals surface area (Å²) in [4.78, 5) is 23.6. The van der Waals surface area contributed by atoms with Crippen molar-refractivity contribution in [1.82, 2.24) is 0 Å². The molecule has 4 rings (SSSR count). The molecule has 0 aliphatic heterocycles. The van der Waals surface area contributed by atoms with Crippen molar-refractivity contribution in [2.24, 2.45) is 0 Å². The first-order valence-corrected chi connectivity index (χ1v) is 11.3. The summed E-state index contributed by atoms with van der Waals surface area (Å²) in [6.45, 7) is 6.85. The minimum atomic E-state index is -0.584. The van der Waals surface area contributed by atoms with Crippen LogP contribution < -0.4 is 18.9 Å². The highest BCUT2D eigenvalue weighted by molar-refractivity contribution is 5.92. The monoisotopic (exact) mass is 496 g/mol. The van der Waals surface area contributed by atoms with Crippen molar-refractivity contribution in [2.75, 3.05) is 13.6 Å². The molecule has 0 radical (unpaired) electrons. The topological polar surface area (TPSA) is 80.3 Å². The molecule has 7 heteroatoms. The zero-order valence-electron chi connectivity index (χ0n) is 19.9. The molecule has 0 unspecified atom stereocenters. The average Bonchev–Trinajstić information content (AvgIpc) is 2.93. The summed E-state index contributed by atoms with van der Waals surface area (Å²) in [5.74, 6) is 1.11. The van der Waals surface area contributed by atoms with E-state index < -0.39 is 11.9 Å². The number of esters is 2. The van der Waals surface area contributed by atoms with E-state index in [0.717, 1.165) is 22.4 Å². The van der Waals surface area contributed by atoms with E-state index in [1.807, 2.05) is 48.5 Å². The van der Waals surface area contributed by atoms with Gasteiger partial charge in [0.05, 0.1) is 5.56 Å². The van der Waals surface area contributed by atoms with E-state index in [4.69, 9.17) is 23.7 Å². The van der Waals surface area contributed by atoms with Gasteiger partial charge in [-0.2, -0.15) is 0 Å². The molecule has 0 aliphatic carbocycles. The minimum Gasteiger partial charge on any atom is -0.458 e. The van der Waals surface area contributed by atoms with Crippen LogP contribution in [0.5, 0.6) is 23.0 Å². The van der Waals surface area contributed by atoms with Crippen molar-refractivity contribution in [2.45, 2.75) is 0 Å². The van der Waals surface area contributed by atoms with E-state index in [0.29, 0.717) is 28.6 Å². The molecule has 0 aromatic heterocycles. The number of hydrogen-bond acceptors (Lipinski definition) is 7. The summed E-state index contributed by atoms with van der Waals surface area (Å²) in [6, 6.07) is 24.8. The van der Waals surface area contributed by atoms with Crippen LogP contribution in [-0.2, 0) is 9.53 Å². The average molecular weight is 497 g/mol. The molecule has 0 spiro atoms. The summed E-state index contributed by atoms with van der Waals surface area (Å²) < 4.78 is 26.9. The molecule has 0 saturated heterocycles. The van der Waals surface area contributed by atoms with Crippen molar-refractivity contribution >= 4 is 28.8 Å². The Balaban J connectivity index is 1.31. The third-order valence-corrected chi connectivity index (χ3v) is 5.24. The molecule has 4 aromatic rings. The normalized spacial score (nSPS) is 10.3. The summed E-state index contributed by atoms with van der Waals surface area (Å²) >= 11 is 0. The second-order valence-electron chi connectivity index (χ2n) is 7.69. The van der Waals surface area contributed by atoms with Crippen molar-refractivity contribution in [3.8, 4) is 23.0 Å². The first-order valence-electron chi connectivity index (χ1n) is 11.3. The van der Waals surface area contributed by atoms with Gasteiger partial charge in [0.25, 0.3) is 0 Å². The lowest BCUT2D eigenvalue weighted by molar-refractivity contribution is -0.144. The third-order valence-electron chi connectivity index (χ3n) is 5.24. The molecule has 0 N–H and O–H groups in total. The fraction of sp³-hybridized carbons (Fsp3) is 0.0667. The predicted molar refractivity (Wildman–Crippen MR) is 140 cm³/mol. The maximum Gasteiger partial charge on any atom is 0.343 e. The Morgan fingerprint density at radius 2 is 1.19 bits per heavy atom. The fourth-order valence-corrected chi connectivity index (χ4v) is 3.29. The van der Waals surface area contributed by atoms with Crippen LogP contribution in [0.15, 0.2) is 104 Å². The number of hydrogen-bond donors (Lipinski definition) is 0. The zero-order chi connectivity index (χ0) is 26.0. The predicted octanol–water partition coefficient (Wildman–Crippen LogP) is 6.18. The molecule has 0 aliphatic rings. The van der Waals surface area contributed by atoms with E-state index in [-0.39, 0.29) is 13.6 Å². The van der Waals surface area contributed by atoms with Crippen molar-refractivity contribution in [1.29, 1.82) is 0 Å². The summed E-state index contributed by atoms with van der Waals surface area (Å²) in [5.41, 5.74) is 1.36. The van der Waals surface area contributed by atoms with Gasteiger partial charge in [0.1, 0.15) is 23.0 Å². The number of benzene rings is 4. The molecule has 0 bridgehead atoms. The van der Waals surface area contributed by atoms with Gasteiger partial charge in [-0.25, -0.2) is 9.59 Å². The van der Waals surface area contributed by atoms with Gasteiger partial charge in [-0.05, 0) is 77.0 Å². The number of fused-ring (bicyclic) bond motifs is 1. The maximum atomic E-state index is 12.5. The molecule has 0 heterocycles. The van der Waals surface area contributed by atoms with Gasteiger partial charge in [0.15, 0.2) is 0 Å². The van der Waals surface area contributed by atoms with E-state index in [1.54, 1.807) is 42.5 Å². The zero-order valence-corrected chi connectivity index (χ0v) is 19.9. The number of rotatable bonds is 11. The van der Waals surface area contributed by atoms with Gasteiger partial charge in [-0.15, -0.1) is 0 Å². The maximum absolute atomic E-state index is 12.5. The van der Waals surface area contributed by atoms with Gasteiger partial charge < -0.3 is 23.7 Å². The van der Waals surface area contributed by atoms with E-state index in [2.05, 4.69) is 13.2 Å². The Bertz CT molecular complexity index is 1410. The summed E-state index contributed by atoms with van der Waals surface area (Å²) in [7, 11) is 0. The Labute approximate surface area is 214 Å². The summed E-state index contributed by atoms with van der Waals surface area (Å²) in [5, 5.41) is 1.81. The Morgan fingerprint density at radius 1 is 0.649 bits per heavy atom. The second-order valence-corrected chi connectivity index (χ2v) is 7.69. The lowest BCUT2D eigenvalue weighted by Gasteiger charge is -2.10. The molecular formula is C30H24O7. The van der Waals surface area contributed by atoms with Crippen LogP contribution in [0, 0.1) is 0 Å². The summed E-state index contributed by atoms with van der Waals surface area (Å²) in [6.07, 6.45) is 2.81. The second kappa shape index (κ2) is 12.1. The van der Waals surface area contributed by atoms with Crippen LogP contribution in [0.2, 0.25) is 0 Å². The Hall–Kier alpha value is -5.04. The highest BCUT2D eigenvalue weighted by atomic mass is 16.7. The molecule has 0 amide bonds. The molecular weight excluding hydrogens is 472 g/mol. The van der Waals surface area contributed by atoms with Gasteiger partial charge in [-0.3, -0.25) is 0 Å². The standard InChI is InChI=1S/C30H24O7/c1-3-21-5-11-25(12-6-21)33-19-35-27-15-9-24-18-28(16-10-23(24)17-27)37-30(32)22-7-13-26(14-8-22)34-20-36-29(31)4-2/h3-18H,1-2,19-20H2. The van der Waals surface area contributed by atoms with Gasteiger partial charge >= 0.3 is 11.9 Å². The van der Waals surface area contributed by atoms with Crippen LogP contribution in [-0.4, -0.2) is 25.5 Å². The Morgan fingerprint density at radius 3 is 1.84 bits per heavy atom. The number of carbonyl (C=O) groups excluding carboxylic acids is 2. The number of carbonyl (C=O) groups is 2. The SMILES string of the molecule is C=CC(=O)OCOc1ccc(C(=O)Oc2ccc3cc(OCOc4ccc(C=C)cc4)ccc3c2)cc1. The quantitative estimate of drug-likeness (QED) is 0.106. The van der Waals surface area contributed by atoms with E-state index in [9.17, 15) is 9.59 Å². The lowest BCUT2D eigenvalue weighted by Crippen LogP contribution is -2.09. The van der Waals surface area contributed by atoms with Gasteiger partial charge in [0.2, 0.25) is 13.6 Å². The highest BCUT2D eigenvalue weighted by Crippen LogP contribution is 2.26. The van der Waals surface area contributed by atoms with Crippen molar-refractivity contribution < 1.29 is 33.3 Å². The molecule has 37 heavy (non-hydrogen) atoms. The van der Waals surface area contributed by atoms with Crippen molar-refractivity contribution in [3.05, 3.63) is 115 Å². The van der Waals surface area contributed by atoms with Gasteiger partial charge in [-0.1, -0.05) is 43.5 Å². The molecule has 0 saturated carbocycles.